The zero-order valence-electron chi connectivity index (χ0n) is 10.8. The normalized spacial score (nSPS) is 16.8. The number of hydrogen-bond acceptors (Lipinski definition) is 4. The Labute approximate surface area is 117 Å². The molecule has 5 heteroatoms. The fourth-order valence-electron chi connectivity index (χ4n) is 2.12. The number of likely N-dealkylation sites (tertiary alicyclic amines) is 1. The van der Waals surface area contributed by atoms with E-state index in [0.29, 0.717) is 18.2 Å². The highest BCUT2D eigenvalue weighted by Gasteiger charge is 2.11. The molecule has 2 heterocycles. The average Bonchev–Trinajstić information content (AvgIpc) is 2.40. The average molecular weight is 314 g/mol. The molecule has 0 saturated carbocycles. The Morgan fingerprint density at radius 2 is 2.11 bits per heavy atom. The van der Waals surface area contributed by atoms with Gasteiger partial charge in [-0.2, -0.15) is 0 Å². The second-order valence-electron chi connectivity index (χ2n) is 4.71. The molecule has 0 unspecified atom stereocenters. The first-order valence-electron chi connectivity index (χ1n) is 6.44. The molecule has 0 aliphatic carbocycles. The molecule has 0 amide bonds. The maximum Gasteiger partial charge on any atom is 0.228 e. The van der Waals surface area contributed by atoms with Gasteiger partial charge >= 0.3 is 0 Å². The number of hydrogen-bond donors (Lipinski definition) is 1. The number of nitrogens with zero attached hydrogens (tertiary/aromatic N) is 2. The van der Waals surface area contributed by atoms with Crippen LogP contribution in [0.2, 0.25) is 0 Å². The summed E-state index contributed by atoms with van der Waals surface area (Å²) in [6.07, 6.45) is 5.63. The zero-order chi connectivity index (χ0) is 13.0. The van der Waals surface area contributed by atoms with Crippen molar-refractivity contribution in [3.05, 3.63) is 16.2 Å². The van der Waals surface area contributed by atoms with Gasteiger partial charge in [-0.05, 0) is 54.3 Å². The van der Waals surface area contributed by atoms with Crippen LogP contribution in [0.5, 0.6) is 5.88 Å². The van der Waals surface area contributed by atoms with E-state index in [1.165, 1.54) is 32.4 Å². The van der Waals surface area contributed by atoms with E-state index in [2.05, 4.69) is 25.8 Å². The van der Waals surface area contributed by atoms with Gasteiger partial charge in [0.2, 0.25) is 5.88 Å². The fourth-order valence-corrected chi connectivity index (χ4v) is 2.57. The minimum Gasteiger partial charge on any atom is -0.475 e. The Morgan fingerprint density at radius 1 is 1.39 bits per heavy atom. The van der Waals surface area contributed by atoms with Crippen molar-refractivity contribution in [1.29, 1.82) is 0 Å². The van der Waals surface area contributed by atoms with Crippen molar-refractivity contribution < 1.29 is 4.74 Å². The Bertz CT molecular complexity index is 405. The summed E-state index contributed by atoms with van der Waals surface area (Å²) >= 11 is 3.48. The molecule has 1 aliphatic heterocycles. The predicted octanol–water partition coefficient (Wildman–Crippen LogP) is 2.60. The summed E-state index contributed by atoms with van der Waals surface area (Å²) in [5, 5.41) is 0. The summed E-state index contributed by atoms with van der Waals surface area (Å²) in [6.45, 7) is 5.99. The van der Waals surface area contributed by atoms with E-state index in [1.54, 1.807) is 6.20 Å². The summed E-state index contributed by atoms with van der Waals surface area (Å²) < 4.78 is 6.58. The lowest BCUT2D eigenvalue weighted by Gasteiger charge is -2.26. The highest BCUT2D eigenvalue weighted by Crippen LogP contribution is 2.29. The fraction of sp³-hybridized carbons (Fsp3) is 0.615. The molecule has 1 saturated heterocycles. The molecule has 1 aromatic heterocycles. The molecule has 0 atom stereocenters. The smallest absolute Gasteiger partial charge is 0.228 e. The number of halogens is 1. The van der Waals surface area contributed by atoms with Crippen molar-refractivity contribution in [3.63, 3.8) is 0 Å². The highest BCUT2D eigenvalue weighted by atomic mass is 79.9. The van der Waals surface area contributed by atoms with Crippen LogP contribution in [-0.2, 0) is 0 Å². The van der Waals surface area contributed by atoms with Crippen molar-refractivity contribution in [2.45, 2.75) is 26.2 Å². The third-order valence-electron chi connectivity index (χ3n) is 3.37. The Hall–Kier alpha value is -0.810. The SMILES string of the molecule is Cc1c(N)cnc(OCCN2CCCCC2)c1Br. The first-order valence-corrected chi connectivity index (χ1v) is 7.23. The van der Waals surface area contributed by atoms with E-state index >= 15 is 0 Å². The molecule has 1 aliphatic rings. The zero-order valence-corrected chi connectivity index (χ0v) is 12.4. The van der Waals surface area contributed by atoms with Crippen molar-refractivity contribution in [2.75, 3.05) is 32.0 Å². The lowest BCUT2D eigenvalue weighted by Crippen LogP contribution is -2.33. The van der Waals surface area contributed by atoms with Crippen molar-refractivity contribution in [3.8, 4) is 5.88 Å². The molecule has 2 N–H and O–H groups in total. The maximum atomic E-state index is 5.78. The van der Waals surface area contributed by atoms with Gasteiger partial charge in [-0.15, -0.1) is 0 Å². The second-order valence-corrected chi connectivity index (χ2v) is 5.50. The van der Waals surface area contributed by atoms with Crippen LogP contribution >= 0.6 is 15.9 Å². The van der Waals surface area contributed by atoms with Crippen LogP contribution < -0.4 is 10.5 Å². The topological polar surface area (TPSA) is 51.4 Å². The number of nitrogen functional groups attached to an aromatic ring is 1. The van der Waals surface area contributed by atoms with Crippen LogP contribution in [-0.4, -0.2) is 36.1 Å². The van der Waals surface area contributed by atoms with Crippen molar-refractivity contribution in [1.82, 2.24) is 9.88 Å². The molecule has 2 rings (SSSR count). The number of ether oxygens (including phenoxy) is 1. The van der Waals surface area contributed by atoms with Crippen molar-refractivity contribution in [2.24, 2.45) is 0 Å². The largest absolute Gasteiger partial charge is 0.475 e. The van der Waals surface area contributed by atoms with E-state index in [0.717, 1.165) is 16.6 Å². The third kappa shape index (κ3) is 3.36. The van der Waals surface area contributed by atoms with Gasteiger partial charge in [0.25, 0.3) is 0 Å². The van der Waals surface area contributed by atoms with Crippen LogP contribution in [0, 0.1) is 6.92 Å². The van der Waals surface area contributed by atoms with Gasteiger partial charge < -0.3 is 10.5 Å². The minimum atomic E-state index is 0.638. The summed E-state index contributed by atoms with van der Waals surface area (Å²) in [7, 11) is 0. The molecule has 0 radical (unpaired) electrons. The summed E-state index contributed by atoms with van der Waals surface area (Å²) in [5.74, 6) is 0.638. The van der Waals surface area contributed by atoms with E-state index in [-0.39, 0.29) is 0 Å². The number of pyridine rings is 1. The van der Waals surface area contributed by atoms with Gasteiger partial charge in [-0.3, -0.25) is 4.90 Å². The van der Waals surface area contributed by atoms with Gasteiger partial charge in [0.1, 0.15) is 6.61 Å². The molecule has 1 fully saturated rings. The van der Waals surface area contributed by atoms with Gasteiger partial charge in [0, 0.05) is 6.54 Å². The minimum absolute atomic E-state index is 0.638. The van der Waals surface area contributed by atoms with Gasteiger partial charge in [0.15, 0.2) is 0 Å². The first kappa shape index (κ1) is 13.6. The van der Waals surface area contributed by atoms with Crippen LogP contribution in [0.1, 0.15) is 24.8 Å². The monoisotopic (exact) mass is 313 g/mol. The first-order chi connectivity index (χ1) is 8.68. The third-order valence-corrected chi connectivity index (χ3v) is 4.30. The number of rotatable bonds is 4. The molecular weight excluding hydrogens is 294 g/mol. The Balaban J connectivity index is 1.84. The van der Waals surface area contributed by atoms with Crippen molar-refractivity contribution >= 4 is 21.6 Å². The van der Waals surface area contributed by atoms with Gasteiger partial charge in [-0.25, -0.2) is 4.98 Å². The van der Waals surface area contributed by atoms with Crippen LogP contribution in [0.25, 0.3) is 0 Å². The van der Waals surface area contributed by atoms with Crippen LogP contribution in [0.3, 0.4) is 0 Å². The number of piperidine rings is 1. The van der Waals surface area contributed by atoms with Gasteiger partial charge in [-0.1, -0.05) is 6.42 Å². The molecule has 100 valence electrons. The van der Waals surface area contributed by atoms with Crippen LogP contribution in [0.4, 0.5) is 5.69 Å². The molecule has 1 aromatic rings. The molecule has 0 spiro atoms. The summed E-state index contributed by atoms with van der Waals surface area (Å²) in [4.78, 5) is 6.65. The standard InChI is InChI=1S/C13H20BrN3O/c1-10-11(15)9-16-13(12(10)14)18-8-7-17-5-3-2-4-6-17/h9H,2-8,15H2,1H3. The highest BCUT2D eigenvalue weighted by molar-refractivity contribution is 9.10. The second kappa shape index (κ2) is 6.38. The summed E-state index contributed by atoms with van der Waals surface area (Å²) in [6, 6.07) is 0. The maximum absolute atomic E-state index is 5.78. The number of aromatic nitrogens is 1. The molecule has 4 nitrogen and oxygen atoms in total. The summed E-state index contributed by atoms with van der Waals surface area (Å²) in [5.41, 5.74) is 7.45. The van der Waals surface area contributed by atoms with Gasteiger partial charge in [0.05, 0.1) is 16.4 Å². The Morgan fingerprint density at radius 3 is 2.83 bits per heavy atom. The number of nitrogens with two attached hydrogens (primary N) is 1. The predicted molar refractivity (Wildman–Crippen MR) is 76.9 cm³/mol. The van der Waals surface area contributed by atoms with E-state index in [4.69, 9.17) is 10.5 Å². The molecule has 0 aromatic carbocycles. The Kier molecular flexibility index (Phi) is 4.83. The molecule has 18 heavy (non-hydrogen) atoms. The van der Waals surface area contributed by atoms with Crippen LogP contribution in [0.15, 0.2) is 10.7 Å². The van der Waals surface area contributed by atoms with E-state index in [9.17, 15) is 0 Å². The van der Waals surface area contributed by atoms with E-state index in [1.807, 2.05) is 6.92 Å². The van der Waals surface area contributed by atoms with E-state index < -0.39 is 0 Å². The lowest BCUT2D eigenvalue weighted by molar-refractivity contribution is 0.180. The molecular formula is C13H20BrN3O. The number of anilines is 1. The lowest BCUT2D eigenvalue weighted by atomic mass is 10.1. The quantitative estimate of drug-likeness (QED) is 0.928. The molecule has 0 bridgehead atoms.